The quantitative estimate of drug-likeness (QED) is 0.142. The molecule has 137 heavy (non-hydrogen) atoms. The van der Waals surface area contributed by atoms with Gasteiger partial charge in [-0.05, 0) is 268 Å². The van der Waals surface area contributed by atoms with Crippen molar-refractivity contribution in [2.24, 2.45) is 0 Å². The van der Waals surface area contributed by atoms with Gasteiger partial charge in [-0.2, -0.15) is 0 Å². The van der Waals surface area contributed by atoms with Crippen LogP contribution in [0.4, 0.5) is 0 Å². The smallest absolute Gasteiger partial charge is 0.136 e. The number of fused-ring (bicyclic) bond motifs is 27. The van der Waals surface area contributed by atoms with Gasteiger partial charge in [0.25, 0.3) is 0 Å². The zero-order valence-electron chi connectivity index (χ0n) is 75.0. The summed E-state index contributed by atoms with van der Waals surface area (Å²) >= 11 is 1.89. The van der Waals surface area contributed by atoms with Gasteiger partial charge in [0, 0.05) is 135 Å². The van der Waals surface area contributed by atoms with Gasteiger partial charge in [-0.3, -0.25) is 0 Å². The van der Waals surface area contributed by atoms with E-state index in [4.69, 9.17) is 4.42 Å². The Morgan fingerprint density at radius 2 is 0.431 bits per heavy atom. The topological polar surface area (TPSA) is 42.7 Å². The van der Waals surface area contributed by atoms with Crippen molar-refractivity contribution in [2.45, 2.75) is 19.3 Å². The van der Waals surface area contributed by atoms with Crippen LogP contribution < -0.4 is 0 Å². The molecule has 0 unspecified atom stereocenters. The molecule has 0 bridgehead atoms. The van der Waals surface area contributed by atoms with Crippen molar-refractivity contribution in [1.29, 1.82) is 0 Å². The molecule has 1 aliphatic carbocycles. The highest BCUT2D eigenvalue weighted by atomic mass is 32.1. The number of hydrogen-bond donors (Lipinski definition) is 0. The van der Waals surface area contributed by atoms with Crippen LogP contribution in [0.3, 0.4) is 0 Å². The van der Waals surface area contributed by atoms with Crippen LogP contribution in [0.5, 0.6) is 0 Å². The number of nitrogens with zero attached hydrogens (tertiary/aromatic N) is 6. The summed E-state index contributed by atoms with van der Waals surface area (Å²) in [6.45, 7) is 4.76. The van der Waals surface area contributed by atoms with Crippen LogP contribution in [0.25, 0.3) is 252 Å². The first-order valence-electron chi connectivity index (χ1n) is 47.2. The predicted octanol–water partition coefficient (Wildman–Crippen LogP) is 35.2. The van der Waals surface area contributed by atoms with E-state index in [2.05, 4.69) is 514 Å². The summed E-state index contributed by atoms with van der Waals surface area (Å²) in [4.78, 5) is 0. The summed E-state index contributed by atoms with van der Waals surface area (Å²) in [5.74, 6) is 0. The molecule has 8 aromatic heterocycles. The van der Waals surface area contributed by atoms with Crippen LogP contribution in [-0.2, 0) is 5.41 Å². The van der Waals surface area contributed by atoms with Crippen LogP contribution in [0.1, 0.15) is 25.0 Å². The molecule has 0 saturated heterocycles. The lowest BCUT2D eigenvalue weighted by atomic mass is 9.81. The summed E-state index contributed by atoms with van der Waals surface area (Å²) in [5.41, 5.74) is 36.2. The van der Waals surface area contributed by atoms with Crippen LogP contribution in [0.15, 0.2) is 478 Å². The number of aromatic nitrogens is 6. The summed E-state index contributed by atoms with van der Waals surface area (Å²) in [7, 11) is 0. The third kappa shape index (κ3) is 12.2. The molecule has 0 spiro atoms. The molecular formula is C129H84N6OS. The number of benzene rings is 21. The van der Waals surface area contributed by atoms with Gasteiger partial charge in [-0.1, -0.05) is 275 Å². The van der Waals surface area contributed by atoms with Crippen molar-refractivity contribution < 1.29 is 4.42 Å². The fraction of sp³-hybridized carbons (Fsp3) is 0.0233. The van der Waals surface area contributed by atoms with E-state index in [9.17, 15) is 0 Å². The van der Waals surface area contributed by atoms with E-state index in [1.54, 1.807) is 0 Å². The second-order valence-electron chi connectivity index (χ2n) is 37.0. The van der Waals surface area contributed by atoms with Gasteiger partial charge >= 0.3 is 0 Å². The van der Waals surface area contributed by atoms with E-state index in [-0.39, 0.29) is 5.41 Å². The molecule has 21 aromatic carbocycles. The molecule has 30 rings (SSSR count). The van der Waals surface area contributed by atoms with E-state index >= 15 is 0 Å². The molecule has 0 amide bonds. The summed E-state index contributed by atoms with van der Waals surface area (Å²) in [6, 6.07) is 172. The third-order valence-electron chi connectivity index (χ3n) is 29.1. The summed E-state index contributed by atoms with van der Waals surface area (Å²) < 4.78 is 23.4. The molecule has 7 nitrogen and oxygen atoms in total. The van der Waals surface area contributed by atoms with Crippen LogP contribution in [0, 0.1) is 0 Å². The van der Waals surface area contributed by atoms with Crippen molar-refractivity contribution in [3.05, 3.63) is 484 Å². The highest BCUT2D eigenvalue weighted by Gasteiger charge is 2.37. The first-order chi connectivity index (χ1) is 67.7. The van der Waals surface area contributed by atoms with Crippen molar-refractivity contribution in [3.63, 3.8) is 0 Å². The van der Waals surface area contributed by atoms with Gasteiger partial charge in [0.15, 0.2) is 0 Å². The normalized spacial score (nSPS) is 12.5. The zero-order valence-corrected chi connectivity index (χ0v) is 75.8. The molecule has 0 radical (unpaired) electrons. The summed E-state index contributed by atoms with van der Waals surface area (Å²) in [6.07, 6.45) is 0. The number of hydrogen-bond acceptors (Lipinski definition) is 2. The molecule has 0 N–H and O–H groups in total. The van der Waals surface area contributed by atoms with Gasteiger partial charge < -0.3 is 31.8 Å². The van der Waals surface area contributed by atoms with Gasteiger partial charge in [0.1, 0.15) is 11.2 Å². The van der Waals surface area contributed by atoms with Gasteiger partial charge in [-0.25, -0.2) is 0 Å². The highest BCUT2D eigenvalue weighted by molar-refractivity contribution is 7.26. The molecular weight excluding hydrogens is 1680 g/mol. The van der Waals surface area contributed by atoms with Crippen molar-refractivity contribution in [1.82, 2.24) is 27.4 Å². The highest BCUT2D eigenvalue weighted by Crippen LogP contribution is 2.54. The molecule has 642 valence electrons. The lowest BCUT2D eigenvalue weighted by Gasteiger charge is -2.21. The number of rotatable bonds is 9. The van der Waals surface area contributed by atoms with Crippen LogP contribution >= 0.6 is 11.3 Å². The minimum atomic E-state index is -0.0968. The van der Waals surface area contributed by atoms with E-state index in [0.29, 0.717) is 0 Å². The minimum absolute atomic E-state index is 0.0968. The van der Waals surface area contributed by atoms with Crippen molar-refractivity contribution >= 4 is 184 Å². The largest absolute Gasteiger partial charge is 0.456 e. The van der Waals surface area contributed by atoms with E-state index in [0.717, 1.165) is 27.6 Å². The maximum absolute atomic E-state index is 6.48. The Morgan fingerprint density at radius 1 is 0.168 bits per heavy atom. The molecule has 0 aliphatic heterocycles. The number of furan rings is 1. The Morgan fingerprint density at radius 3 is 0.825 bits per heavy atom. The zero-order chi connectivity index (χ0) is 90.2. The fourth-order valence-corrected chi connectivity index (χ4v) is 23.9. The van der Waals surface area contributed by atoms with Gasteiger partial charge in [-0.15, -0.1) is 11.3 Å². The molecule has 8 heterocycles. The average molecular weight is 1770 g/mol. The lowest BCUT2D eigenvalue weighted by Crippen LogP contribution is -2.14. The Balaban J connectivity index is 0.000000102. The van der Waals surface area contributed by atoms with Crippen molar-refractivity contribution in [2.75, 3.05) is 0 Å². The standard InChI is InChI=1S/C45H32N2.C42H26N2O.C42H26N2S/c1-45(2)39-23-21-29(30-22-24-43-37(26-30)33-17-9-11-19-41(33)46(43)31-13-5-3-6-14-31)25-35(39)36-28-44-38(27-40(36)45)34-18-10-12-20-42(34)47(44)32-15-7-4-8-16-32;2*1-3-11-29(12-4-1)43-37-17-9-7-15-31(37)33-23-27(19-21-39(33)43)28-20-22-41-35(24-28)36-25-40-34(26-42(36)45-41)32-16-8-10-18-38(32)44(40)30-13-5-2-6-14-30/h3-28H,1-2H3;2*1-26H. The van der Waals surface area contributed by atoms with Gasteiger partial charge in [0.2, 0.25) is 0 Å². The van der Waals surface area contributed by atoms with Crippen molar-refractivity contribution in [3.8, 4) is 78.6 Å². The minimum Gasteiger partial charge on any atom is -0.456 e. The molecule has 0 atom stereocenters. The molecule has 0 fully saturated rings. The lowest BCUT2D eigenvalue weighted by molar-refractivity contribution is 0.661. The second-order valence-corrected chi connectivity index (χ2v) is 38.1. The Bertz CT molecular complexity index is 9610. The Labute approximate surface area is 792 Å². The molecule has 1 aliphatic rings. The average Bonchev–Trinajstić information content (AvgIpc) is 1.54. The molecule has 0 saturated carbocycles. The Hall–Kier alpha value is -17.6. The first kappa shape index (κ1) is 78.1. The number of para-hydroxylation sites is 12. The summed E-state index contributed by atoms with van der Waals surface area (Å²) in [5, 5.41) is 20.1. The monoisotopic (exact) mass is 1760 g/mol. The van der Waals surface area contributed by atoms with E-state index in [1.165, 1.54) is 235 Å². The van der Waals surface area contributed by atoms with E-state index < -0.39 is 0 Å². The predicted molar refractivity (Wildman–Crippen MR) is 579 cm³/mol. The SMILES string of the molecule is CC1(C)c2ccc(-c3ccc4c(c3)c3ccccc3n4-c3ccccc3)cc2-c2cc3c(cc21)c1ccccc1n3-c1ccccc1.c1ccc(-n2c3ccccc3c3cc(-c4ccc5oc6cc7c8ccccc8n(-c8ccccc8)c7cc6c5c4)ccc32)cc1.c1ccc(-n2c3ccccc3c3cc(-c4ccc5sc6cc7c8ccccc8n(-c8ccccc8)c7cc6c5c4)ccc32)cc1. The molecule has 29 aromatic rings. The first-order valence-corrected chi connectivity index (χ1v) is 48.0. The van der Waals surface area contributed by atoms with E-state index in [1.807, 2.05) is 11.3 Å². The maximum atomic E-state index is 6.48. The fourth-order valence-electron chi connectivity index (χ4n) is 22.8. The third-order valence-corrected chi connectivity index (χ3v) is 30.2. The molecule has 8 heteroatoms. The second kappa shape index (κ2) is 30.8. The van der Waals surface area contributed by atoms with Crippen LogP contribution in [-0.4, -0.2) is 27.4 Å². The maximum Gasteiger partial charge on any atom is 0.136 e. The Kier molecular flexibility index (Phi) is 17.5. The van der Waals surface area contributed by atoms with Gasteiger partial charge in [0.05, 0.1) is 66.2 Å². The number of thiophene rings is 1. The van der Waals surface area contributed by atoms with Crippen LogP contribution in [0.2, 0.25) is 0 Å².